The molecule has 110 valence electrons. The molecular weight excluding hydrogens is 246 g/mol. The molecule has 1 aliphatic carbocycles. The van der Waals surface area contributed by atoms with Gasteiger partial charge in [0.25, 0.3) is 0 Å². The number of likely N-dealkylation sites (N-methyl/N-ethyl adjacent to an activating group) is 1. The third kappa shape index (κ3) is 3.49. The van der Waals surface area contributed by atoms with E-state index in [9.17, 15) is 4.79 Å². The van der Waals surface area contributed by atoms with Crippen LogP contribution in [0.4, 0.5) is 0 Å². The average Bonchev–Trinajstić information content (AvgIpc) is 2.53. The standard InChI is InChI=1S/C18H27NO/c1-4-15-10-12-16(13-11-15)18(20)14(2)19(3)17-8-6-5-7-9-17/h10-14,17H,4-9H2,1-3H3. The molecule has 1 aliphatic rings. The predicted octanol–water partition coefficient (Wildman–Crippen LogP) is 4.08. The summed E-state index contributed by atoms with van der Waals surface area (Å²) in [6, 6.07) is 8.66. The number of Topliss-reactive ketones (excluding diaryl/α,β-unsaturated/α-hetero) is 1. The number of benzene rings is 1. The van der Waals surface area contributed by atoms with E-state index < -0.39 is 0 Å². The fourth-order valence-electron chi connectivity index (χ4n) is 3.14. The first-order valence-corrected chi connectivity index (χ1v) is 7.98. The van der Waals surface area contributed by atoms with E-state index in [0.29, 0.717) is 6.04 Å². The van der Waals surface area contributed by atoms with Crippen molar-refractivity contribution in [3.8, 4) is 0 Å². The van der Waals surface area contributed by atoms with Gasteiger partial charge in [0.2, 0.25) is 0 Å². The number of ketones is 1. The van der Waals surface area contributed by atoms with Gasteiger partial charge in [-0.05, 0) is 38.8 Å². The highest BCUT2D eigenvalue weighted by molar-refractivity contribution is 5.99. The Hall–Kier alpha value is -1.15. The van der Waals surface area contributed by atoms with Crippen LogP contribution in [0.3, 0.4) is 0 Å². The minimum Gasteiger partial charge on any atom is -0.294 e. The second-order valence-electron chi connectivity index (χ2n) is 6.05. The van der Waals surface area contributed by atoms with Gasteiger partial charge in [-0.25, -0.2) is 0 Å². The summed E-state index contributed by atoms with van der Waals surface area (Å²) in [5.74, 6) is 0.251. The Kier molecular flexibility index (Phi) is 5.36. The lowest BCUT2D eigenvalue weighted by Crippen LogP contribution is -2.43. The molecule has 0 N–H and O–H groups in total. The van der Waals surface area contributed by atoms with E-state index >= 15 is 0 Å². The molecule has 0 heterocycles. The molecular formula is C18H27NO. The van der Waals surface area contributed by atoms with Crippen LogP contribution in [0.25, 0.3) is 0 Å². The molecule has 1 fully saturated rings. The van der Waals surface area contributed by atoms with Gasteiger partial charge in [-0.1, -0.05) is 50.5 Å². The van der Waals surface area contributed by atoms with Crippen LogP contribution in [0.1, 0.15) is 61.9 Å². The van der Waals surface area contributed by atoms with E-state index in [1.165, 1.54) is 37.7 Å². The zero-order chi connectivity index (χ0) is 14.5. The topological polar surface area (TPSA) is 20.3 Å². The highest BCUT2D eigenvalue weighted by Crippen LogP contribution is 2.24. The molecule has 1 atom stereocenters. The van der Waals surface area contributed by atoms with Gasteiger partial charge in [0.1, 0.15) is 0 Å². The third-order valence-corrected chi connectivity index (χ3v) is 4.79. The molecule has 1 aromatic rings. The molecule has 0 radical (unpaired) electrons. The number of aryl methyl sites for hydroxylation is 1. The summed E-state index contributed by atoms with van der Waals surface area (Å²) in [5, 5.41) is 0. The third-order valence-electron chi connectivity index (χ3n) is 4.79. The summed E-state index contributed by atoms with van der Waals surface area (Å²) in [5.41, 5.74) is 2.13. The van der Waals surface area contributed by atoms with Crippen molar-refractivity contribution in [1.82, 2.24) is 4.90 Å². The van der Waals surface area contributed by atoms with Crippen LogP contribution in [0.2, 0.25) is 0 Å². The van der Waals surface area contributed by atoms with Gasteiger partial charge in [-0.15, -0.1) is 0 Å². The predicted molar refractivity (Wildman–Crippen MR) is 84.2 cm³/mol. The SMILES string of the molecule is CCc1ccc(C(=O)C(C)N(C)C2CCCCC2)cc1. The summed E-state index contributed by atoms with van der Waals surface area (Å²) in [4.78, 5) is 14.9. The molecule has 2 heteroatoms. The molecule has 20 heavy (non-hydrogen) atoms. The number of rotatable bonds is 5. The number of nitrogens with zero attached hydrogens (tertiary/aromatic N) is 1. The summed E-state index contributed by atoms with van der Waals surface area (Å²) in [6.07, 6.45) is 7.46. The lowest BCUT2D eigenvalue weighted by atomic mass is 9.92. The van der Waals surface area contributed by atoms with Gasteiger partial charge in [0, 0.05) is 11.6 Å². The van der Waals surface area contributed by atoms with Gasteiger partial charge >= 0.3 is 0 Å². The Morgan fingerprint density at radius 3 is 2.35 bits per heavy atom. The minimum absolute atomic E-state index is 0.0226. The van der Waals surface area contributed by atoms with E-state index in [-0.39, 0.29) is 11.8 Å². The van der Waals surface area contributed by atoms with Gasteiger partial charge in [-0.2, -0.15) is 0 Å². The zero-order valence-corrected chi connectivity index (χ0v) is 13.1. The van der Waals surface area contributed by atoms with E-state index in [1.54, 1.807) is 0 Å². The van der Waals surface area contributed by atoms with Crippen LogP contribution in [0.5, 0.6) is 0 Å². The highest BCUT2D eigenvalue weighted by atomic mass is 16.1. The van der Waals surface area contributed by atoms with E-state index in [0.717, 1.165) is 12.0 Å². The summed E-state index contributed by atoms with van der Waals surface area (Å²) >= 11 is 0. The normalized spacial score (nSPS) is 18.2. The van der Waals surface area contributed by atoms with Crippen molar-refractivity contribution in [2.45, 2.75) is 64.5 Å². The van der Waals surface area contributed by atoms with Gasteiger partial charge in [0.15, 0.2) is 5.78 Å². The van der Waals surface area contributed by atoms with Crippen molar-refractivity contribution < 1.29 is 4.79 Å². The van der Waals surface area contributed by atoms with Gasteiger partial charge in [-0.3, -0.25) is 9.69 Å². The molecule has 1 aromatic carbocycles. The Morgan fingerprint density at radius 2 is 1.80 bits per heavy atom. The molecule has 0 aromatic heterocycles. The quantitative estimate of drug-likeness (QED) is 0.753. The van der Waals surface area contributed by atoms with Crippen molar-refractivity contribution in [2.75, 3.05) is 7.05 Å². The Bertz CT molecular complexity index is 431. The number of hydrogen-bond donors (Lipinski definition) is 0. The monoisotopic (exact) mass is 273 g/mol. The van der Waals surface area contributed by atoms with E-state index in [4.69, 9.17) is 0 Å². The first kappa shape index (κ1) is 15.2. The smallest absolute Gasteiger partial charge is 0.179 e. The Morgan fingerprint density at radius 1 is 1.20 bits per heavy atom. The molecule has 0 bridgehead atoms. The minimum atomic E-state index is -0.0226. The highest BCUT2D eigenvalue weighted by Gasteiger charge is 2.26. The van der Waals surface area contributed by atoms with Crippen LogP contribution < -0.4 is 0 Å². The maximum absolute atomic E-state index is 12.6. The molecule has 1 unspecified atom stereocenters. The van der Waals surface area contributed by atoms with E-state index in [1.807, 2.05) is 19.1 Å². The molecule has 0 amide bonds. The molecule has 0 aliphatic heterocycles. The molecule has 0 spiro atoms. The number of carbonyl (C=O) groups excluding carboxylic acids is 1. The van der Waals surface area contributed by atoms with Crippen LogP contribution in [0.15, 0.2) is 24.3 Å². The number of carbonyl (C=O) groups is 1. The molecule has 1 saturated carbocycles. The summed E-state index contributed by atoms with van der Waals surface area (Å²) in [6.45, 7) is 4.18. The maximum atomic E-state index is 12.6. The lowest BCUT2D eigenvalue weighted by molar-refractivity contribution is 0.0778. The second kappa shape index (κ2) is 7.03. The van der Waals surface area contributed by atoms with Crippen LogP contribution in [0, 0.1) is 0 Å². The van der Waals surface area contributed by atoms with Crippen molar-refractivity contribution in [3.63, 3.8) is 0 Å². The first-order valence-electron chi connectivity index (χ1n) is 7.98. The van der Waals surface area contributed by atoms with Crippen LogP contribution in [-0.2, 0) is 6.42 Å². The van der Waals surface area contributed by atoms with Crippen molar-refractivity contribution >= 4 is 5.78 Å². The lowest BCUT2D eigenvalue weighted by Gasteiger charge is -2.34. The fourth-order valence-corrected chi connectivity index (χ4v) is 3.14. The van der Waals surface area contributed by atoms with E-state index in [2.05, 4.69) is 31.0 Å². The summed E-state index contributed by atoms with van der Waals surface area (Å²) in [7, 11) is 2.11. The summed E-state index contributed by atoms with van der Waals surface area (Å²) < 4.78 is 0. The van der Waals surface area contributed by atoms with Gasteiger partial charge in [0.05, 0.1) is 6.04 Å². The van der Waals surface area contributed by atoms with Crippen molar-refractivity contribution in [3.05, 3.63) is 35.4 Å². The molecule has 2 nitrogen and oxygen atoms in total. The Labute approximate surface area is 123 Å². The average molecular weight is 273 g/mol. The van der Waals surface area contributed by atoms with Crippen molar-refractivity contribution in [1.29, 1.82) is 0 Å². The van der Waals surface area contributed by atoms with Gasteiger partial charge < -0.3 is 0 Å². The number of hydrogen-bond acceptors (Lipinski definition) is 2. The first-order chi connectivity index (χ1) is 9.63. The van der Waals surface area contributed by atoms with Crippen LogP contribution in [-0.4, -0.2) is 29.8 Å². The largest absolute Gasteiger partial charge is 0.294 e. The molecule has 2 rings (SSSR count). The van der Waals surface area contributed by atoms with Crippen LogP contribution >= 0.6 is 0 Å². The fraction of sp³-hybridized carbons (Fsp3) is 0.611. The Balaban J connectivity index is 2.02. The van der Waals surface area contributed by atoms with Crippen molar-refractivity contribution in [2.24, 2.45) is 0 Å². The zero-order valence-electron chi connectivity index (χ0n) is 13.1. The maximum Gasteiger partial charge on any atom is 0.179 e. The molecule has 0 saturated heterocycles. The second-order valence-corrected chi connectivity index (χ2v) is 6.05.